The maximum atomic E-state index is 2.63. The van der Waals surface area contributed by atoms with Gasteiger partial charge in [0.1, 0.15) is 0 Å². The van der Waals surface area contributed by atoms with Crippen molar-refractivity contribution in [1.29, 1.82) is 0 Å². The summed E-state index contributed by atoms with van der Waals surface area (Å²) in [6.45, 7) is 30.5. The Labute approximate surface area is 298 Å². The number of benzene rings is 5. The standard InChI is InChI=1S/C48H52N2/c1-26-18-39-42-40(19-26)50-38-17-15-28(46(5,6)7)21-32(38)34-23-30(48(11,12)13)25-36(44(34)50)41(42)35-24-29(47(8,9)10)22-33-31-20-27(45(2,3)4)14-16-37(31)49(39)43(33)35/h14-25,41H,1-13H3. The lowest BCUT2D eigenvalue weighted by Gasteiger charge is -2.37. The number of nitrogens with zero attached hydrogens (tertiary/aromatic N) is 2. The summed E-state index contributed by atoms with van der Waals surface area (Å²) in [6, 6.07) is 29.6. The van der Waals surface area contributed by atoms with E-state index in [2.05, 4.69) is 172 Å². The van der Waals surface area contributed by atoms with Gasteiger partial charge in [-0.2, -0.15) is 0 Å². The molecule has 0 aliphatic carbocycles. The molecule has 0 saturated heterocycles. The Morgan fingerprint density at radius 3 is 1.14 bits per heavy atom. The van der Waals surface area contributed by atoms with Crippen LogP contribution < -0.4 is 0 Å². The fraction of sp³-hybridized carbons (Fsp3) is 0.375. The summed E-state index contributed by atoms with van der Waals surface area (Å²) >= 11 is 0. The predicted octanol–water partition coefficient (Wildman–Crippen LogP) is 13.2. The Morgan fingerprint density at radius 2 is 0.780 bits per heavy atom. The second-order valence-electron chi connectivity index (χ2n) is 19.7. The highest BCUT2D eigenvalue weighted by atomic mass is 15.0. The van der Waals surface area contributed by atoms with Gasteiger partial charge in [-0.3, -0.25) is 0 Å². The Hall–Kier alpha value is -4.30. The Balaban J connectivity index is 1.52. The molecular formula is C48H52N2. The van der Waals surface area contributed by atoms with Crippen molar-refractivity contribution in [2.45, 2.75) is 118 Å². The summed E-state index contributed by atoms with van der Waals surface area (Å²) < 4.78 is 5.25. The van der Waals surface area contributed by atoms with Gasteiger partial charge in [0.25, 0.3) is 0 Å². The first kappa shape index (κ1) is 31.7. The van der Waals surface area contributed by atoms with Crippen LogP contribution in [0, 0.1) is 6.92 Å². The second kappa shape index (κ2) is 9.52. The molecule has 0 atom stereocenters. The van der Waals surface area contributed by atoms with E-state index in [9.17, 15) is 0 Å². The molecule has 0 saturated carbocycles. The van der Waals surface area contributed by atoms with Crippen molar-refractivity contribution in [1.82, 2.24) is 9.13 Å². The normalized spacial score (nSPS) is 14.8. The SMILES string of the molecule is Cc1cc2c3c(c1)-n1c4ccc(C(C)(C)C)cc4c4cc(C(C)(C)C)cc(c41)C3c1cc(C(C)(C)C)cc3c4cc(C(C)(C)C)ccc4n-2c13. The third-order valence-electron chi connectivity index (χ3n) is 11.9. The van der Waals surface area contributed by atoms with Crippen molar-refractivity contribution >= 4 is 43.6 Å². The average molecular weight is 657 g/mol. The highest BCUT2D eigenvalue weighted by Crippen LogP contribution is 2.56. The topological polar surface area (TPSA) is 9.86 Å². The van der Waals surface area contributed by atoms with Crippen LogP contribution >= 0.6 is 0 Å². The van der Waals surface area contributed by atoms with Gasteiger partial charge in [-0.05, 0) is 116 Å². The lowest BCUT2D eigenvalue weighted by atomic mass is 9.74. The Bertz CT molecular complexity index is 2440. The van der Waals surface area contributed by atoms with Crippen molar-refractivity contribution in [2.24, 2.45) is 0 Å². The van der Waals surface area contributed by atoms with Crippen molar-refractivity contribution in [3.05, 3.63) is 117 Å². The molecular weight excluding hydrogens is 605 g/mol. The molecule has 50 heavy (non-hydrogen) atoms. The van der Waals surface area contributed by atoms with Crippen LogP contribution in [0.25, 0.3) is 55.0 Å². The minimum Gasteiger partial charge on any atom is -0.309 e. The third-order valence-corrected chi connectivity index (χ3v) is 11.9. The van der Waals surface area contributed by atoms with Gasteiger partial charge in [0, 0.05) is 33.0 Å². The highest BCUT2D eigenvalue weighted by molar-refractivity contribution is 6.15. The smallest absolute Gasteiger partial charge is 0.0583 e. The number of rotatable bonds is 0. The molecule has 5 aromatic carbocycles. The zero-order valence-corrected chi connectivity index (χ0v) is 32.4. The maximum Gasteiger partial charge on any atom is 0.0583 e. The second-order valence-corrected chi connectivity index (χ2v) is 19.7. The average Bonchev–Trinajstić information content (AvgIpc) is 3.52. The van der Waals surface area contributed by atoms with E-state index < -0.39 is 0 Å². The van der Waals surface area contributed by atoms with Gasteiger partial charge in [-0.25, -0.2) is 0 Å². The number of hydrogen-bond acceptors (Lipinski definition) is 0. The molecule has 0 fully saturated rings. The number of fused-ring (bicyclic) bond motifs is 10. The zero-order valence-electron chi connectivity index (χ0n) is 32.4. The van der Waals surface area contributed by atoms with Crippen LogP contribution in [-0.2, 0) is 21.7 Å². The molecule has 2 aliphatic rings. The van der Waals surface area contributed by atoms with Gasteiger partial charge in [0.05, 0.1) is 33.4 Å². The molecule has 2 aromatic heterocycles. The molecule has 7 aromatic rings. The maximum absolute atomic E-state index is 2.63. The number of aryl methyl sites for hydroxylation is 1. The van der Waals surface area contributed by atoms with Crippen LogP contribution in [0.5, 0.6) is 0 Å². The minimum absolute atomic E-state index is 0.00658. The van der Waals surface area contributed by atoms with Crippen LogP contribution in [0.3, 0.4) is 0 Å². The zero-order chi connectivity index (χ0) is 35.6. The summed E-state index contributed by atoms with van der Waals surface area (Å²) in [6.07, 6.45) is 0. The first-order valence-corrected chi connectivity index (χ1v) is 18.6. The minimum atomic E-state index is 0.00658. The van der Waals surface area contributed by atoms with Gasteiger partial charge in [-0.15, -0.1) is 0 Å². The van der Waals surface area contributed by atoms with Crippen LogP contribution in [0.2, 0.25) is 0 Å². The summed E-state index contributed by atoms with van der Waals surface area (Å²) in [5.41, 5.74) is 19.4. The van der Waals surface area contributed by atoms with Crippen molar-refractivity contribution in [3.63, 3.8) is 0 Å². The van der Waals surface area contributed by atoms with Gasteiger partial charge in [0.2, 0.25) is 0 Å². The molecule has 2 aliphatic heterocycles. The van der Waals surface area contributed by atoms with Crippen molar-refractivity contribution < 1.29 is 0 Å². The van der Waals surface area contributed by atoms with E-state index in [1.165, 1.54) is 99.5 Å². The van der Waals surface area contributed by atoms with E-state index in [1.807, 2.05) is 0 Å². The van der Waals surface area contributed by atoms with E-state index in [0.29, 0.717) is 0 Å². The van der Waals surface area contributed by atoms with Crippen molar-refractivity contribution in [2.75, 3.05) is 0 Å². The van der Waals surface area contributed by atoms with E-state index in [4.69, 9.17) is 0 Å². The van der Waals surface area contributed by atoms with Crippen LogP contribution in [0.4, 0.5) is 0 Å². The molecule has 0 bridgehead atoms. The van der Waals surface area contributed by atoms with Gasteiger partial charge < -0.3 is 9.13 Å². The summed E-state index contributed by atoms with van der Waals surface area (Å²) in [5.74, 6) is 0.132. The summed E-state index contributed by atoms with van der Waals surface area (Å²) in [7, 11) is 0. The molecule has 254 valence electrons. The Kier molecular flexibility index (Phi) is 6.03. The molecule has 2 heteroatoms. The molecule has 0 N–H and O–H groups in total. The summed E-state index contributed by atoms with van der Waals surface area (Å²) in [5, 5.41) is 5.49. The largest absolute Gasteiger partial charge is 0.309 e. The van der Waals surface area contributed by atoms with Crippen LogP contribution in [0.15, 0.2) is 72.8 Å². The van der Waals surface area contributed by atoms with Gasteiger partial charge in [-0.1, -0.05) is 107 Å². The number of hydrogen-bond donors (Lipinski definition) is 0. The molecule has 0 radical (unpaired) electrons. The Morgan fingerprint density at radius 1 is 0.420 bits per heavy atom. The lowest BCUT2D eigenvalue weighted by Crippen LogP contribution is -2.24. The van der Waals surface area contributed by atoms with Gasteiger partial charge in [0.15, 0.2) is 0 Å². The fourth-order valence-corrected chi connectivity index (χ4v) is 9.00. The summed E-state index contributed by atoms with van der Waals surface area (Å²) in [4.78, 5) is 0. The number of aromatic nitrogens is 2. The van der Waals surface area contributed by atoms with E-state index in [1.54, 1.807) is 0 Å². The van der Waals surface area contributed by atoms with Gasteiger partial charge >= 0.3 is 0 Å². The fourth-order valence-electron chi connectivity index (χ4n) is 9.00. The van der Waals surface area contributed by atoms with Crippen LogP contribution in [-0.4, -0.2) is 9.13 Å². The van der Waals surface area contributed by atoms with E-state index >= 15 is 0 Å². The van der Waals surface area contributed by atoms with E-state index in [0.717, 1.165) is 0 Å². The molecule has 0 unspecified atom stereocenters. The molecule has 0 spiro atoms. The van der Waals surface area contributed by atoms with Crippen molar-refractivity contribution in [3.8, 4) is 11.4 Å². The molecule has 9 rings (SSSR count). The quantitative estimate of drug-likeness (QED) is 0.154. The lowest BCUT2D eigenvalue weighted by molar-refractivity contribution is 0.588. The monoisotopic (exact) mass is 656 g/mol. The molecule has 0 amide bonds. The first-order valence-electron chi connectivity index (χ1n) is 18.6. The molecule has 2 nitrogen and oxygen atoms in total. The molecule has 4 heterocycles. The van der Waals surface area contributed by atoms with E-state index in [-0.39, 0.29) is 27.6 Å². The van der Waals surface area contributed by atoms with Crippen LogP contribution in [0.1, 0.15) is 134 Å². The highest BCUT2D eigenvalue weighted by Gasteiger charge is 2.40. The first-order chi connectivity index (χ1) is 23.2. The predicted molar refractivity (Wildman–Crippen MR) is 216 cm³/mol. The third kappa shape index (κ3) is 4.20.